The topological polar surface area (TPSA) is 112 Å². The molecule has 130 valence electrons. The molecule has 0 bridgehead atoms. The minimum Gasteiger partial charge on any atom is -0.507 e. The molecule has 4 N–H and O–H groups in total. The number of rotatable bonds is 4. The molecule has 0 aliphatic heterocycles. The van der Waals surface area contributed by atoms with Crippen LogP contribution in [0.2, 0.25) is 5.02 Å². The van der Waals surface area contributed by atoms with Crippen LogP contribution in [0, 0.1) is 0 Å². The Morgan fingerprint density at radius 2 is 1.88 bits per heavy atom. The monoisotopic (exact) mass is 362 g/mol. The Morgan fingerprint density at radius 3 is 2.48 bits per heavy atom. The zero-order valence-electron chi connectivity index (χ0n) is 13.2. The van der Waals surface area contributed by atoms with Gasteiger partial charge in [0.2, 0.25) is 5.91 Å². The van der Waals surface area contributed by atoms with E-state index < -0.39 is 17.7 Å². The second kappa shape index (κ2) is 7.54. The summed E-state index contributed by atoms with van der Waals surface area (Å²) >= 11 is 5.80. The Balaban J connectivity index is 2.08. The summed E-state index contributed by atoms with van der Waals surface area (Å²) in [6.07, 6.45) is 2.60. The van der Waals surface area contributed by atoms with Crippen LogP contribution in [-0.2, 0) is 11.8 Å². The van der Waals surface area contributed by atoms with E-state index in [-0.39, 0.29) is 22.7 Å². The Morgan fingerprint density at radius 1 is 1.20 bits per heavy atom. The standard InChI is InChI=1S/C16H15ClN4O4/c1-3-14(23)18-10-4-5-13(22)11(7-10)15(24)19-20-16(25)12-6-9(17)8-21(12)2/h3-8,22H,1H2,2H3,(H,18,23)(H,19,24)(H,20,25). The third kappa shape index (κ3) is 4.39. The highest BCUT2D eigenvalue weighted by Crippen LogP contribution is 2.21. The molecule has 1 aromatic carbocycles. The number of carbonyl (C=O) groups excluding carboxylic acids is 3. The van der Waals surface area contributed by atoms with Gasteiger partial charge < -0.3 is 15.0 Å². The van der Waals surface area contributed by atoms with Crippen LogP contribution in [0.1, 0.15) is 20.8 Å². The first-order valence-corrected chi connectivity index (χ1v) is 7.38. The van der Waals surface area contributed by atoms with Crippen LogP contribution >= 0.6 is 11.6 Å². The molecule has 0 aliphatic carbocycles. The van der Waals surface area contributed by atoms with Crippen molar-refractivity contribution in [1.29, 1.82) is 0 Å². The molecular formula is C16H15ClN4O4. The molecule has 0 aliphatic rings. The molecule has 8 nitrogen and oxygen atoms in total. The molecule has 0 saturated carbocycles. The average Bonchev–Trinajstić information content (AvgIpc) is 2.92. The van der Waals surface area contributed by atoms with E-state index in [1.165, 1.54) is 35.0 Å². The van der Waals surface area contributed by atoms with Crippen LogP contribution in [0.15, 0.2) is 43.1 Å². The molecular weight excluding hydrogens is 348 g/mol. The number of anilines is 1. The molecule has 0 unspecified atom stereocenters. The van der Waals surface area contributed by atoms with Crippen LogP contribution in [0.25, 0.3) is 0 Å². The van der Waals surface area contributed by atoms with E-state index in [1.807, 2.05) is 0 Å². The van der Waals surface area contributed by atoms with Gasteiger partial charge in [-0.15, -0.1) is 0 Å². The zero-order chi connectivity index (χ0) is 18.6. The number of hydrazine groups is 1. The molecule has 0 atom stereocenters. The molecule has 1 aromatic heterocycles. The van der Waals surface area contributed by atoms with Gasteiger partial charge in [0.15, 0.2) is 0 Å². The van der Waals surface area contributed by atoms with Crippen LogP contribution in [0.3, 0.4) is 0 Å². The Kier molecular flexibility index (Phi) is 5.45. The van der Waals surface area contributed by atoms with Crippen LogP contribution in [0.5, 0.6) is 5.75 Å². The van der Waals surface area contributed by atoms with E-state index in [2.05, 4.69) is 22.7 Å². The molecule has 0 radical (unpaired) electrons. The first kappa shape index (κ1) is 18.1. The van der Waals surface area contributed by atoms with Crippen molar-refractivity contribution in [2.24, 2.45) is 7.05 Å². The number of halogens is 1. The smallest absolute Gasteiger partial charge is 0.286 e. The summed E-state index contributed by atoms with van der Waals surface area (Å²) in [6, 6.07) is 5.36. The first-order valence-electron chi connectivity index (χ1n) is 7.00. The first-order chi connectivity index (χ1) is 11.8. The van der Waals surface area contributed by atoms with E-state index in [1.54, 1.807) is 7.05 Å². The third-order valence-electron chi connectivity index (χ3n) is 3.19. The highest BCUT2D eigenvalue weighted by Gasteiger charge is 2.16. The molecule has 25 heavy (non-hydrogen) atoms. The largest absolute Gasteiger partial charge is 0.507 e. The lowest BCUT2D eigenvalue weighted by molar-refractivity contribution is -0.111. The van der Waals surface area contributed by atoms with E-state index in [0.29, 0.717) is 5.02 Å². The molecule has 0 saturated heterocycles. The summed E-state index contributed by atoms with van der Waals surface area (Å²) in [5, 5.41) is 12.6. The summed E-state index contributed by atoms with van der Waals surface area (Å²) in [4.78, 5) is 35.5. The second-order valence-electron chi connectivity index (χ2n) is 4.99. The van der Waals surface area contributed by atoms with Gasteiger partial charge in [0.05, 0.1) is 10.6 Å². The summed E-state index contributed by atoms with van der Waals surface area (Å²) < 4.78 is 1.49. The van der Waals surface area contributed by atoms with Crippen molar-refractivity contribution in [3.8, 4) is 5.75 Å². The minimum atomic E-state index is -0.763. The van der Waals surface area contributed by atoms with Gasteiger partial charge in [-0.1, -0.05) is 18.2 Å². The van der Waals surface area contributed by atoms with Crippen molar-refractivity contribution in [3.63, 3.8) is 0 Å². The summed E-state index contributed by atoms with van der Waals surface area (Å²) in [5.74, 6) is -2.13. The van der Waals surface area contributed by atoms with E-state index in [4.69, 9.17) is 11.6 Å². The van der Waals surface area contributed by atoms with Crippen molar-refractivity contribution in [1.82, 2.24) is 15.4 Å². The Labute approximate surface area is 148 Å². The fourth-order valence-corrected chi connectivity index (χ4v) is 2.23. The normalized spacial score (nSPS) is 10.0. The van der Waals surface area contributed by atoms with Gasteiger partial charge in [-0.05, 0) is 30.3 Å². The van der Waals surface area contributed by atoms with Crippen molar-refractivity contribution >= 4 is 35.0 Å². The van der Waals surface area contributed by atoms with E-state index >= 15 is 0 Å². The average molecular weight is 363 g/mol. The second-order valence-corrected chi connectivity index (χ2v) is 5.42. The summed E-state index contributed by atoms with van der Waals surface area (Å²) in [6.45, 7) is 3.32. The predicted octanol–water partition coefficient (Wildman–Crippen LogP) is 1.58. The van der Waals surface area contributed by atoms with Gasteiger partial charge in [-0.2, -0.15) is 0 Å². The molecule has 3 amide bonds. The maximum atomic E-state index is 12.1. The number of benzene rings is 1. The fraction of sp³-hybridized carbons (Fsp3) is 0.0625. The van der Waals surface area contributed by atoms with E-state index in [0.717, 1.165) is 6.08 Å². The zero-order valence-corrected chi connectivity index (χ0v) is 13.9. The number of hydrogen-bond donors (Lipinski definition) is 4. The maximum Gasteiger partial charge on any atom is 0.286 e. The number of phenols is 1. The highest BCUT2D eigenvalue weighted by atomic mass is 35.5. The van der Waals surface area contributed by atoms with Gasteiger partial charge in [0.25, 0.3) is 11.8 Å². The van der Waals surface area contributed by atoms with Gasteiger partial charge in [-0.3, -0.25) is 25.2 Å². The number of nitrogens with one attached hydrogen (secondary N) is 3. The molecule has 0 spiro atoms. The lowest BCUT2D eigenvalue weighted by Crippen LogP contribution is -2.42. The number of aromatic nitrogens is 1. The minimum absolute atomic E-state index is 0.132. The van der Waals surface area contributed by atoms with Crippen LogP contribution in [0.4, 0.5) is 5.69 Å². The van der Waals surface area contributed by atoms with Gasteiger partial charge >= 0.3 is 0 Å². The summed E-state index contributed by atoms with van der Waals surface area (Å²) in [5.41, 5.74) is 4.79. The lowest BCUT2D eigenvalue weighted by Gasteiger charge is -2.10. The number of amides is 3. The number of phenolic OH excluding ortho intramolecular Hbond substituents is 1. The number of hydrogen-bond acceptors (Lipinski definition) is 4. The predicted molar refractivity (Wildman–Crippen MR) is 92.3 cm³/mol. The number of aromatic hydroxyl groups is 1. The Hall–Kier alpha value is -3.26. The van der Waals surface area contributed by atoms with Crippen molar-refractivity contribution in [2.75, 3.05) is 5.32 Å². The molecule has 0 fully saturated rings. The number of nitrogens with zero attached hydrogens (tertiary/aromatic N) is 1. The molecule has 2 aromatic rings. The Bertz CT molecular complexity index is 860. The molecule has 1 heterocycles. The van der Waals surface area contributed by atoms with Crippen molar-refractivity contribution < 1.29 is 19.5 Å². The van der Waals surface area contributed by atoms with E-state index in [9.17, 15) is 19.5 Å². The number of aryl methyl sites for hydroxylation is 1. The van der Waals surface area contributed by atoms with Gasteiger partial charge in [-0.25, -0.2) is 0 Å². The molecule has 9 heteroatoms. The summed E-state index contributed by atoms with van der Waals surface area (Å²) in [7, 11) is 1.63. The van der Waals surface area contributed by atoms with Gasteiger partial charge in [0.1, 0.15) is 11.4 Å². The molecule has 2 rings (SSSR count). The van der Waals surface area contributed by atoms with Crippen molar-refractivity contribution in [3.05, 3.63) is 59.4 Å². The van der Waals surface area contributed by atoms with Crippen molar-refractivity contribution in [2.45, 2.75) is 0 Å². The van der Waals surface area contributed by atoms with Crippen LogP contribution < -0.4 is 16.2 Å². The van der Waals surface area contributed by atoms with Gasteiger partial charge in [0, 0.05) is 18.9 Å². The lowest BCUT2D eigenvalue weighted by atomic mass is 10.1. The highest BCUT2D eigenvalue weighted by molar-refractivity contribution is 6.31. The fourth-order valence-electron chi connectivity index (χ4n) is 1.98. The number of carbonyl (C=O) groups is 3. The SMILES string of the molecule is C=CC(=O)Nc1ccc(O)c(C(=O)NNC(=O)c2cc(Cl)cn2C)c1. The quantitative estimate of drug-likeness (QED) is 0.376. The maximum absolute atomic E-state index is 12.1. The third-order valence-corrected chi connectivity index (χ3v) is 3.39. The van der Waals surface area contributed by atoms with Crippen LogP contribution in [-0.4, -0.2) is 27.4 Å².